The van der Waals surface area contributed by atoms with Crippen LogP contribution >= 0.6 is 0 Å². The van der Waals surface area contributed by atoms with Gasteiger partial charge in [-0.1, -0.05) is 69.3 Å². The van der Waals surface area contributed by atoms with Gasteiger partial charge in [0.15, 0.2) is 5.43 Å². The van der Waals surface area contributed by atoms with Gasteiger partial charge in [-0.3, -0.25) is 4.79 Å². The van der Waals surface area contributed by atoms with Gasteiger partial charge in [-0.05, 0) is 39.9 Å². The molecule has 1 heterocycles. The standard InChI is InChI=1S/C25H21NO/c1-25(2,3)17-11-8-16-10-13-20-23(21(16)14-17)26-22-18-7-5-4-6-15(18)9-12-19(22)24(20)27/h4-14H,1-3H3,(H,26,27). The van der Waals surface area contributed by atoms with Crippen molar-refractivity contribution in [3.8, 4) is 0 Å². The molecular formula is C25H21NO. The maximum absolute atomic E-state index is 13.2. The van der Waals surface area contributed by atoms with E-state index in [2.05, 4.69) is 56.1 Å². The largest absolute Gasteiger partial charge is 0.353 e. The van der Waals surface area contributed by atoms with Crippen molar-refractivity contribution >= 4 is 43.4 Å². The van der Waals surface area contributed by atoms with Crippen LogP contribution in [0.15, 0.2) is 71.5 Å². The SMILES string of the molecule is CC(C)(C)c1ccc2ccc3c(=O)c4ccc5ccccc5c4[nH]c3c2c1. The van der Waals surface area contributed by atoms with Crippen LogP contribution in [0.25, 0.3) is 43.4 Å². The van der Waals surface area contributed by atoms with E-state index >= 15 is 0 Å². The van der Waals surface area contributed by atoms with Gasteiger partial charge in [-0.25, -0.2) is 0 Å². The Labute approximate surface area is 157 Å². The highest BCUT2D eigenvalue weighted by Gasteiger charge is 2.16. The molecule has 0 unspecified atom stereocenters. The molecule has 27 heavy (non-hydrogen) atoms. The molecule has 1 N–H and O–H groups in total. The molecule has 0 aliphatic heterocycles. The molecule has 0 aliphatic rings. The van der Waals surface area contributed by atoms with Crippen LogP contribution in [0, 0.1) is 0 Å². The summed E-state index contributed by atoms with van der Waals surface area (Å²) in [5.41, 5.74) is 3.25. The first-order chi connectivity index (χ1) is 12.9. The molecule has 0 amide bonds. The molecule has 5 aromatic rings. The minimum Gasteiger partial charge on any atom is -0.353 e. The molecule has 1 aromatic heterocycles. The lowest BCUT2D eigenvalue weighted by Crippen LogP contribution is -2.11. The number of rotatable bonds is 0. The third kappa shape index (κ3) is 2.37. The zero-order chi connectivity index (χ0) is 18.8. The second kappa shape index (κ2) is 5.43. The lowest BCUT2D eigenvalue weighted by Gasteiger charge is -2.20. The second-order valence-electron chi connectivity index (χ2n) is 8.34. The number of aromatic amines is 1. The minimum absolute atomic E-state index is 0.0557. The Balaban J connectivity index is 2.01. The van der Waals surface area contributed by atoms with E-state index in [9.17, 15) is 4.79 Å². The van der Waals surface area contributed by atoms with E-state index in [-0.39, 0.29) is 10.8 Å². The molecule has 0 fully saturated rings. The predicted octanol–water partition coefficient (Wildman–Crippen LogP) is 6.29. The van der Waals surface area contributed by atoms with Gasteiger partial charge in [0.1, 0.15) is 0 Å². The van der Waals surface area contributed by atoms with Crippen LogP contribution in [0.3, 0.4) is 0 Å². The van der Waals surface area contributed by atoms with Crippen LogP contribution < -0.4 is 5.43 Å². The zero-order valence-corrected chi connectivity index (χ0v) is 15.8. The lowest BCUT2D eigenvalue weighted by atomic mass is 9.85. The van der Waals surface area contributed by atoms with Gasteiger partial charge >= 0.3 is 0 Å². The molecular weight excluding hydrogens is 330 g/mol. The summed E-state index contributed by atoms with van der Waals surface area (Å²) in [5.74, 6) is 0. The van der Waals surface area contributed by atoms with Crippen molar-refractivity contribution in [2.75, 3.05) is 0 Å². The summed E-state index contributed by atoms with van der Waals surface area (Å²) in [6.07, 6.45) is 0. The molecule has 0 atom stereocenters. The maximum atomic E-state index is 13.2. The summed E-state index contributed by atoms with van der Waals surface area (Å²) in [5, 5.41) is 5.95. The average molecular weight is 351 g/mol. The fourth-order valence-electron chi connectivity index (χ4n) is 3.98. The lowest BCUT2D eigenvalue weighted by molar-refractivity contribution is 0.591. The highest BCUT2D eigenvalue weighted by molar-refractivity contribution is 6.13. The van der Waals surface area contributed by atoms with Crippen molar-refractivity contribution < 1.29 is 0 Å². The molecule has 0 bridgehead atoms. The van der Waals surface area contributed by atoms with E-state index in [0.717, 1.165) is 43.4 Å². The third-order valence-electron chi connectivity index (χ3n) is 5.56. The van der Waals surface area contributed by atoms with Gasteiger partial charge < -0.3 is 4.98 Å². The predicted molar refractivity (Wildman–Crippen MR) is 116 cm³/mol. The first-order valence-electron chi connectivity index (χ1n) is 9.34. The molecule has 2 heteroatoms. The quantitative estimate of drug-likeness (QED) is 0.258. The Morgan fingerprint density at radius 1 is 0.667 bits per heavy atom. The summed E-state index contributed by atoms with van der Waals surface area (Å²) >= 11 is 0. The van der Waals surface area contributed by atoms with Crippen molar-refractivity contribution in [3.63, 3.8) is 0 Å². The van der Waals surface area contributed by atoms with Gasteiger partial charge in [-0.15, -0.1) is 0 Å². The van der Waals surface area contributed by atoms with Crippen LogP contribution in [-0.4, -0.2) is 4.98 Å². The number of fused-ring (bicyclic) bond motifs is 6. The van der Waals surface area contributed by atoms with E-state index in [0.29, 0.717) is 0 Å². The molecule has 0 radical (unpaired) electrons. The van der Waals surface area contributed by atoms with Crippen molar-refractivity contribution in [2.24, 2.45) is 0 Å². The zero-order valence-electron chi connectivity index (χ0n) is 15.8. The van der Waals surface area contributed by atoms with Gasteiger partial charge in [0.2, 0.25) is 0 Å². The van der Waals surface area contributed by atoms with E-state index in [1.807, 2.05) is 36.4 Å². The van der Waals surface area contributed by atoms with Gasteiger partial charge in [0, 0.05) is 21.5 Å². The average Bonchev–Trinajstić information content (AvgIpc) is 2.66. The number of H-pyrrole nitrogens is 1. The fraction of sp³-hybridized carbons (Fsp3) is 0.160. The van der Waals surface area contributed by atoms with Gasteiger partial charge in [0.05, 0.1) is 11.0 Å². The number of hydrogen-bond acceptors (Lipinski definition) is 1. The van der Waals surface area contributed by atoms with Gasteiger partial charge in [0.25, 0.3) is 0 Å². The fourth-order valence-corrected chi connectivity index (χ4v) is 3.98. The normalized spacial score (nSPS) is 12.4. The summed E-state index contributed by atoms with van der Waals surface area (Å²) < 4.78 is 0. The highest BCUT2D eigenvalue weighted by atomic mass is 16.1. The topological polar surface area (TPSA) is 32.9 Å². The monoisotopic (exact) mass is 351 g/mol. The van der Waals surface area contributed by atoms with Crippen LogP contribution in [-0.2, 0) is 5.41 Å². The van der Waals surface area contributed by atoms with Crippen molar-refractivity contribution in [1.29, 1.82) is 0 Å². The second-order valence-corrected chi connectivity index (χ2v) is 8.34. The molecule has 4 aromatic carbocycles. The number of nitrogens with one attached hydrogen (secondary N) is 1. The van der Waals surface area contributed by atoms with Crippen molar-refractivity contribution in [1.82, 2.24) is 4.98 Å². The van der Waals surface area contributed by atoms with Crippen molar-refractivity contribution in [3.05, 3.63) is 82.5 Å². The summed E-state index contributed by atoms with van der Waals surface area (Å²) in [7, 11) is 0. The molecule has 0 saturated carbocycles. The van der Waals surface area contributed by atoms with E-state index in [1.54, 1.807) is 0 Å². The van der Waals surface area contributed by atoms with E-state index in [1.165, 1.54) is 5.56 Å². The first-order valence-corrected chi connectivity index (χ1v) is 9.34. The van der Waals surface area contributed by atoms with Crippen LogP contribution in [0.4, 0.5) is 0 Å². The maximum Gasteiger partial charge on any atom is 0.197 e. The molecule has 132 valence electrons. The summed E-state index contributed by atoms with van der Waals surface area (Å²) in [6.45, 7) is 6.64. The molecule has 0 saturated heterocycles. The third-order valence-corrected chi connectivity index (χ3v) is 5.56. The Bertz CT molecular complexity index is 1420. The minimum atomic E-state index is 0.0557. The molecule has 2 nitrogen and oxygen atoms in total. The summed E-state index contributed by atoms with van der Waals surface area (Å²) in [4.78, 5) is 16.9. The van der Waals surface area contributed by atoms with Crippen LogP contribution in [0.1, 0.15) is 26.3 Å². The molecule has 5 rings (SSSR count). The van der Waals surface area contributed by atoms with Crippen LogP contribution in [0.2, 0.25) is 0 Å². The Hall–Kier alpha value is -3.13. The number of pyridine rings is 1. The molecule has 0 aliphatic carbocycles. The first kappa shape index (κ1) is 16.1. The smallest absolute Gasteiger partial charge is 0.197 e. The van der Waals surface area contributed by atoms with E-state index < -0.39 is 0 Å². The Morgan fingerprint density at radius 3 is 1.96 bits per heavy atom. The Kier molecular flexibility index (Phi) is 3.23. The number of hydrogen-bond donors (Lipinski definition) is 1. The van der Waals surface area contributed by atoms with Gasteiger partial charge in [-0.2, -0.15) is 0 Å². The summed E-state index contributed by atoms with van der Waals surface area (Å²) in [6, 6.07) is 22.7. The van der Waals surface area contributed by atoms with E-state index in [4.69, 9.17) is 0 Å². The highest BCUT2D eigenvalue weighted by Crippen LogP contribution is 2.31. The van der Waals surface area contributed by atoms with Crippen LogP contribution in [0.5, 0.6) is 0 Å². The molecule has 0 spiro atoms. The number of aromatic nitrogens is 1. The Morgan fingerprint density at radius 2 is 1.26 bits per heavy atom. The van der Waals surface area contributed by atoms with Crippen molar-refractivity contribution in [2.45, 2.75) is 26.2 Å². The number of benzene rings is 4.